The Bertz CT molecular complexity index is 721. The highest BCUT2D eigenvalue weighted by Crippen LogP contribution is 2.43. The van der Waals surface area contributed by atoms with Gasteiger partial charge in [-0.1, -0.05) is 32.1 Å². The largest absolute Gasteiger partial charge is 0.399 e. The van der Waals surface area contributed by atoms with Crippen LogP contribution in [0.2, 0.25) is 0 Å². The van der Waals surface area contributed by atoms with Gasteiger partial charge in [-0.25, -0.2) is 0 Å². The van der Waals surface area contributed by atoms with E-state index in [1.807, 2.05) is 12.1 Å². The van der Waals surface area contributed by atoms with E-state index in [9.17, 15) is 0 Å². The van der Waals surface area contributed by atoms with Crippen LogP contribution in [0.3, 0.4) is 0 Å². The van der Waals surface area contributed by atoms with Crippen molar-refractivity contribution in [2.24, 2.45) is 10.4 Å². The molecule has 0 atom stereocenters. The molecule has 114 valence electrons. The third-order valence-corrected chi connectivity index (χ3v) is 5.17. The lowest BCUT2D eigenvalue weighted by molar-refractivity contribution is 0.650. The average Bonchev–Trinajstić information content (AvgIpc) is 2.77. The molecule has 0 saturated carbocycles. The third kappa shape index (κ3) is 2.66. The molecular weight excluding hydrogens is 288 g/mol. The van der Waals surface area contributed by atoms with Crippen LogP contribution >= 0.6 is 11.8 Å². The molecule has 0 aromatic heterocycles. The summed E-state index contributed by atoms with van der Waals surface area (Å²) in [6.45, 7) is 4.51. The Morgan fingerprint density at radius 1 is 1.18 bits per heavy atom. The number of nitrogen functional groups attached to an aromatic ring is 1. The quantitative estimate of drug-likeness (QED) is 0.624. The summed E-state index contributed by atoms with van der Waals surface area (Å²) in [6, 6.07) is 6.05. The van der Waals surface area contributed by atoms with E-state index in [1.54, 1.807) is 11.8 Å². The molecule has 0 amide bonds. The van der Waals surface area contributed by atoms with E-state index in [1.165, 1.54) is 10.5 Å². The Morgan fingerprint density at radius 2 is 1.95 bits per heavy atom. The Morgan fingerprint density at radius 3 is 2.68 bits per heavy atom. The number of thioether (sulfide) groups is 1. The summed E-state index contributed by atoms with van der Waals surface area (Å²) in [7, 11) is 0. The minimum absolute atomic E-state index is 0.0113. The molecule has 1 aromatic rings. The maximum absolute atomic E-state index is 5.92. The molecular formula is C19H22N2S. The minimum atomic E-state index is -0.0113. The second kappa shape index (κ2) is 5.81. The van der Waals surface area contributed by atoms with Gasteiger partial charge in [0.25, 0.3) is 0 Å². The predicted octanol–water partition coefficient (Wildman–Crippen LogP) is 5.09. The second-order valence-corrected chi connectivity index (χ2v) is 7.09. The van der Waals surface area contributed by atoms with Gasteiger partial charge in [0.2, 0.25) is 0 Å². The fraction of sp³-hybridized carbons (Fsp3) is 0.316. The van der Waals surface area contributed by atoms with Crippen molar-refractivity contribution in [1.29, 1.82) is 0 Å². The van der Waals surface area contributed by atoms with Crippen molar-refractivity contribution in [2.45, 2.75) is 31.6 Å². The van der Waals surface area contributed by atoms with Gasteiger partial charge >= 0.3 is 0 Å². The lowest BCUT2D eigenvalue weighted by Crippen LogP contribution is -2.20. The number of nitrogens with zero attached hydrogens (tertiary/aromatic N) is 1. The first kappa shape index (κ1) is 15.2. The predicted molar refractivity (Wildman–Crippen MR) is 98.3 cm³/mol. The fourth-order valence-corrected chi connectivity index (χ4v) is 3.62. The van der Waals surface area contributed by atoms with Gasteiger partial charge in [-0.2, -0.15) is 0 Å². The van der Waals surface area contributed by atoms with Crippen molar-refractivity contribution in [1.82, 2.24) is 0 Å². The highest BCUT2D eigenvalue weighted by atomic mass is 32.2. The van der Waals surface area contributed by atoms with Crippen LogP contribution in [0.15, 0.2) is 57.6 Å². The summed E-state index contributed by atoms with van der Waals surface area (Å²) in [6.07, 6.45) is 13.2. The number of aliphatic imine (C=N–C) groups is 1. The molecule has 1 aliphatic carbocycles. The number of rotatable bonds is 3. The first-order valence-electron chi connectivity index (χ1n) is 7.64. The van der Waals surface area contributed by atoms with E-state index in [0.29, 0.717) is 0 Å². The first-order chi connectivity index (χ1) is 10.5. The smallest absolute Gasteiger partial charge is 0.0631 e. The molecule has 1 aliphatic heterocycles. The maximum atomic E-state index is 5.92. The standard InChI is InChI=1S/C19H22N2S/c1-19(2)15-6-4-5-7-16(15)21-18(19)11-8-13-12-14(20)9-10-17(13)22-3/h6-12H,4-5,20H2,1-3H3/b11-8+. The second-order valence-electron chi connectivity index (χ2n) is 6.24. The van der Waals surface area contributed by atoms with Crippen molar-refractivity contribution in [3.05, 3.63) is 53.3 Å². The summed E-state index contributed by atoms with van der Waals surface area (Å²) in [5.74, 6) is 0. The molecule has 1 aromatic carbocycles. The number of hydrogen-bond acceptors (Lipinski definition) is 3. The van der Waals surface area contributed by atoms with Gasteiger partial charge in [-0.05, 0) is 54.5 Å². The lowest BCUT2D eigenvalue weighted by Gasteiger charge is -2.22. The summed E-state index contributed by atoms with van der Waals surface area (Å²) in [4.78, 5) is 6.07. The molecule has 0 unspecified atom stereocenters. The summed E-state index contributed by atoms with van der Waals surface area (Å²) in [5.41, 5.74) is 11.5. The third-order valence-electron chi connectivity index (χ3n) is 4.36. The molecule has 2 nitrogen and oxygen atoms in total. The summed E-state index contributed by atoms with van der Waals surface area (Å²) >= 11 is 1.74. The number of anilines is 1. The van der Waals surface area contributed by atoms with Crippen LogP contribution in [0.1, 0.15) is 32.3 Å². The lowest BCUT2D eigenvalue weighted by atomic mass is 9.79. The fourth-order valence-electron chi connectivity index (χ4n) is 3.05. The molecule has 0 fully saturated rings. The van der Waals surface area contributed by atoms with Gasteiger partial charge in [-0.15, -0.1) is 11.8 Å². The molecule has 0 bridgehead atoms. The summed E-state index contributed by atoms with van der Waals surface area (Å²) < 4.78 is 0. The number of nitrogens with two attached hydrogens (primary N) is 1. The number of hydrogen-bond donors (Lipinski definition) is 1. The van der Waals surface area contributed by atoms with E-state index in [-0.39, 0.29) is 5.41 Å². The molecule has 2 aliphatic rings. The number of benzene rings is 1. The zero-order valence-electron chi connectivity index (χ0n) is 13.4. The SMILES string of the molecule is CSc1ccc(N)cc1/C=C/C1=NC2=CCCC=C2C1(C)C. The van der Waals surface area contributed by atoms with E-state index in [2.05, 4.69) is 50.5 Å². The van der Waals surface area contributed by atoms with Crippen molar-refractivity contribution in [3.8, 4) is 0 Å². The Kier molecular flexibility index (Phi) is 4.00. The number of allylic oxidation sites excluding steroid dienone is 4. The Labute approximate surface area is 136 Å². The highest BCUT2D eigenvalue weighted by molar-refractivity contribution is 7.98. The molecule has 3 heteroatoms. The molecule has 1 heterocycles. The first-order valence-corrected chi connectivity index (χ1v) is 8.87. The average molecular weight is 310 g/mol. The molecule has 0 spiro atoms. The zero-order valence-corrected chi connectivity index (χ0v) is 14.2. The van der Waals surface area contributed by atoms with E-state index in [0.717, 1.165) is 35.5 Å². The molecule has 2 N–H and O–H groups in total. The molecule has 0 radical (unpaired) electrons. The van der Waals surface area contributed by atoms with Crippen LogP contribution in [0.25, 0.3) is 6.08 Å². The van der Waals surface area contributed by atoms with Crippen LogP contribution in [0.5, 0.6) is 0 Å². The van der Waals surface area contributed by atoms with Gasteiger partial charge in [0.15, 0.2) is 0 Å². The number of fused-ring (bicyclic) bond motifs is 1. The van der Waals surface area contributed by atoms with Crippen LogP contribution in [-0.4, -0.2) is 12.0 Å². The van der Waals surface area contributed by atoms with Gasteiger partial charge in [0.1, 0.15) is 0 Å². The normalized spacial score (nSPS) is 19.7. The van der Waals surface area contributed by atoms with Gasteiger partial charge < -0.3 is 5.73 Å². The van der Waals surface area contributed by atoms with Crippen molar-refractivity contribution in [2.75, 3.05) is 12.0 Å². The molecule has 0 saturated heterocycles. The van der Waals surface area contributed by atoms with Crippen LogP contribution < -0.4 is 5.73 Å². The van der Waals surface area contributed by atoms with Gasteiger partial charge in [0.05, 0.1) is 11.4 Å². The van der Waals surface area contributed by atoms with E-state index in [4.69, 9.17) is 10.7 Å². The van der Waals surface area contributed by atoms with Gasteiger partial charge in [-0.3, -0.25) is 4.99 Å². The monoisotopic (exact) mass is 310 g/mol. The zero-order chi connectivity index (χ0) is 15.7. The van der Waals surface area contributed by atoms with Crippen LogP contribution in [-0.2, 0) is 0 Å². The van der Waals surface area contributed by atoms with Crippen molar-refractivity contribution in [3.63, 3.8) is 0 Å². The van der Waals surface area contributed by atoms with Gasteiger partial charge in [0, 0.05) is 16.0 Å². The minimum Gasteiger partial charge on any atom is -0.399 e. The Balaban J connectivity index is 1.95. The topological polar surface area (TPSA) is 38.4 Å². The van der Waals surface area contributed by atoms with Crippen molar-refractivity contribution < 1.29 is 0 Å². The van der Waals surface area contributed by atoms with Crippen molar-refractivity contribution >= 4 is 29.2 Å². The summed E-state index contributed by atoms with van der Waals surface area (Å²) in [5, 5.41) is 0. The maximum Gasteiger partial charge on any atom is 0.0631 e. The Hall–Kier alpha value is -1.74. The van der Waals surface area contributed by atoms with Crippen LogP contribution in [0, 0.1) is 5.41 Å². The van der Waals surface area contributed by atoms with E-state index < -0.39 is 0 Å². The highest BCUT2D eigenvalue weighted by Gasteiger charge is 2.36. The molecule has 3 rings (SSSR count). The van der Waals surface area contributed by atoms with Crippen LogP contribution in [0.4, 0.5) is 5.69 Å². The molecule has 22 heavy (non-hydrogen) atoms. The van der Waals surface area contributed by atoms with E-state index >= 15 is 0 Å².